The highest BCUT2D eigenvalue weighted by atomic mass is 32.1. The van der Waals surface area contributed by atoms with Gasteiger partial charge in [0.05, 0.1) is 0 Å². The monoisotopic (exact) mass is 578 g/mol. The summed E-state index contributed by atoms with van der Waals surface area (Å²) >= 11 is 4.14. The molecule has 1 unspecified atom stereocenters. The van der Waals surface area contributed by atoms with Crippen molar-refractivity contribution in [2.45, 2.75) is 137 Å². The molecular weight excluding hydrogens is 525 g/mol. The zero-order valence-corrected chi connectivity index (χ0v) is 28.3. The van der Waals surface area contributed by atoms with Gasteiger partial charge in [0, 0.05) is 19.5 Å². The van der Waals surface area contributed by atoms with E-state index in [0.29, 0.717) is 0 Å². The maximum atomic E-state index is 2.62. The van der Waals surface area contributed by atoms with Crippen molar-refractivity contribution in [2.24, 2.45) is 5.92 Å². The van der Waals surface area contributed by atoms with Gasteiger partial charge in [-0.25, -0.2) is 0 Å². The summed E-state index contributed by atoms with van der Waals surface area (Å²) in [6, 6.07) is 16.8. The summed E-state index contributed by atoms with van der Waals surface area (Å²) in [6.07, 6.45) is 20.7. The Morgan fingerprint density at radius 2 is 1.10 bits per heavy atom. The third-order valence-electron chi connectivity index (χ3n) is 9.13. The van der Waals surface area contributed by atoms with Gasteiger partial charge >= 0.3 is 0 Å². The minimum atomic E-state index is -2.05. The van der Waals surface area contributed by atoms with Gasteiger partial charge in [-0.1, -0.05) is 129 Å². The fourth-order valence-corrected chi connectivity index (χ4v) is 16.3. The number of hydrogen-bond acceptors (Lipinski definition) is 2. The molecule has 3 heterocycles. The quantitative estimate of drug-likeness (QED) is 0.104. The molecule has 0 aliphatic carbocycles. The van der Waals surface area contributed by atoms with Crippen molar-refractivity contribution < 1.29 is 0 Å². The standard InChI is InChI=1S/C36H54S2Si/c1-6-9-12-14-15-17-20-31(19-16-13-10-7-2)27-39(32-23-21-30(22-24-32)18-11-8-3)33-25-28(4)37-35(33)36-34(39)26-29(5)38-36/h21-26,31H,6-20,27H2,1-5H3. The predicted octanol–water partition coefficient (Wildman–Crippen LogP) is 10.6. The van der Waals surface area contributed by atoms with Crippen LogP contribution in [-0.4, -0.2) is 8.07 Å². The lowest BCUT2D eigenvalue weighted by Gasteiger charge is -2.34. The lowest BCUT2D eigenvalue weighted by atomic mass is 9.96. The van der Waals surface area contributed by atoms with Crippen LogP contribution in [-0.2, 0) is 6.42 Å². The summed E-state index contributed by atoms with van der Waals surface area (Å²) in [4.78, 5) is 6.27. The van der Waals surface area contributed by atoms with Crippen LogP contribution in [0.5, 0.6) is 0 Å². The van der Waals surface area contributed by atoms with Crippen molar-refractivity contribution in [3.63, 3.8) is 0 Å². The van der Waals surface area contributed by atoms with E-state index in [2.05, 4.69) is 93.7 Å². The number of aryl methyl sites for hydroxylation is 3. The van der Waals surface area contributed by atoms with E-state index in [4.69, 9.17) is 0 Å². The molecule has 3 heteroatoms. The Balaban J connectivity index is 1.69. The molecule has 0 amide bonds. The van der Waals surface area contributed by atoms with Crippen molar-refractivity contribution in [1.82, 2.24) is 0 Å². The first kappa shape index (κ1) is 30.8. The Labute approximate surface area is 249 Å². The van der Waals surface area contributed by atoms with Gasteiger partial charge < -0.3 is 0 Å². The van der Waals surface area contributed by atoms with E-state index in [-0.39, 0.29) is 0 Å². The first-order valence-electron chi connectivity index (χ1n) is 16.3. The number of rotatable bonds is 18. The molecular formula is C36H54S2Si. The summed E-state index contributed by atoms with van der Waals surface area (Å²) in [5, 5.41) is 5.20. The number of hydrogen-bond donors (Lipinski definition) is 0. The molecule has 0 saturated heterocycles. The minimum Gasteiger partial charge on any atom is -0.140 e. The van der Waals surface area contributed by atoms with Crippen molar-refractivity contribution in [1.29, 1.82) is 0 Å². The van der Waals surface area contributed by atoms with Crippen LogP contribution in [0.4, 0.5) is 0 Å². The molecule has 0 saturated carbocycles. The Bertz CT molecular complexity index is 1090. The smallest absolute Gasteiger partial charge is 0.140 e. The molecule has 1 atom stereocenters. The summed E-state index contributed by atoms with van der Waals surface area (Å²) in [6.45, 7) is 11.7. The molecule has 0 spiro atoms. The maximum Gasteiger partial charge on any atom is 0.152 e. The van der Waals surface area contributed by atoms with Gasteiger partial charge in [-0.2, -0.15) is 0 Å². The summed E-state index contributed by atoms with van der Waals surface area (Å²) in [5.41, 5.74) is 1.52. The molecule has 0 fully saturated rings. The predicted molar refractivity (Wildman–Crippen MR) is 182 cm³/mol. The lowest BCUT2D eigenvalue weighted by Crippen LogP contribution is -2.65. The molecule has 0 bridgehead atoms. The van der Waals surface area contributed by atoms with Gasteiger partial charge in [-0.15, -0.1) is 22.7 Å². The van der Waals surface area contributed by atoms with E-state index in [1.54, 1.807) is 25.3 Å². The number of thiophene rings is 2. The van der Waals surface area contributed by atoms with Gasteiger partial charge in [-0.3, -0.25) is 0 Å². The molecule has 1 aliphatic heterocycles. The second-order valence-electron chi connectivity index (χ2n) is 12.4. The molecule has 0 nitrogen and oxygen atoms in total. The Hall–Kier alpha value is -1.16. The normalized spacial score (nSPS) is 14.5. The number of benzene rings is 1. The third kappa shape index (κ3) is 7.38. The zero-order valence-electron chi connectivity index (χ0n) is 25.7. The highest BCUT2D eigenvalue weighted by molar-refractivity contribution is 7.31. The summed E-state index contributed by atoms with van der Waals surface area (Å²) in [7, 11) is -2.05. The molecule has 39 heavy (non-hydrogen) atoms. The number of fused-ring (bicyclic) bond motifs is 3. The van der Waals surface area contributed by atoms with Crippen molar-refractivity contribution in [3.8, 4) is 9.75 Å². The minimum absolute atomic E-state index is 0.846. The fraction of sp³-hybridized carbons (Fsp3) is 0.611. The third-order valence-corrected chi connectivity index (χ3v) is 16.9. The second kappa shape index (κ2) is 15.2. The second-order valence-corrected chi connectivity index (χ2v) is 18.8. The average molecular weight is 579 g/mol. The SMILES string of the molecule is CCCCCCCCC(CCCCCC)C[Si]1(c2ccc(CCCC)cc2)c2cc(C)sc2-c2sc(C)cc21. The highest BCUT2D eigenvalue weighted by Crippen LogP contribution is 2.42. The van der Waals surface area contributed by atoms with Gasteiger partial charge in [0.1, 0.15) is 0 Å². The van der Waals surface area contributed by atoms with Gasteiger partial charge in [0.2, 0.25) is 0 Å². The molecule has 2 aromatic heterocycles. The van der Waals surface area contributed by atoms with Crippen LogP contribution >= 0.6 is 22.7 Å². The Kier molecular flexibility index (Phi) is 12.0. The number of unbranched alkanes of at least 4 members (excludes halogenated alkanes) is 9. The van der Waals surface area contributed by atoms with Crippen LogP contribution in [0.15, 0.2) is 36.4 Å². The molecule has 4 rings (SSSR count). The van der Waals surface area contributed by atoms with Crippen LogP contribution in [0.1, 0.15) is 126 Å². The van der Waals surface area contributed by atoms with E-state index >= 15 is 0 Å². The lowest BCUT2D eigenvalue weighted by molar-refractivity contribution is 0.431. The van der Waals surface area contributed by atoms with Crippen molar-refractivity contribution in [3.05, 3.63) is 51.7 Å². The van der Waals surface area contributed by atoms with Gasteiger partial charge in [0.25, 0.3) is 0 Å². The largest absolute Gasteiger partial charge is 0.152 e. The van der Waals surface area contributed by atoms with Crippen LogP contribution in [0.3, 0.4) is 0 Å². The van der Waals surface area contributed by atoms with Crippen LogP contribution < -0.4 is 15.6 Å². The molecule has 0 radical (unpaired) electrons. The van der Waals surface area contributed by atoms with E-state index in [0.717, 1.165) is 5.92 Å². The maximum absolute atomic E-state index is 2.62. The van der Waals surface area contributed by atoms with E-state index in [1.165, 1.54) is 118 Å². The van der Waals surface area contributed by atoms with Crippen molar-refractivity contribution in [2.75, 3.05) is 0 Å². The van der Waals surface area contributed by atoms with Gasteiger partial charge in [-0.05, 0) is 71.9 Å². The molecule has 0 N–H and O–H groups in total. The van der Waals surface area contributed by atoms with E-state index in [9.17, 15) is 0 Å². The molecule has 3 aromatic rings. The summed E-state index contributed by atoms with van der Waals surface area (Å²) in [5.74, 6) is 0.846. The molecule has 1 aliphatic rings. The van der Waals surface area contributed by atoms with Crippen LogP contribution in [0.25, 0.3) is 9.75 Å². The van der Waals surface area contributed by atoms with E-state index in [1.807, 2.05) is 0 Å². The van der Waals surface area contributed by atoms with Crippen molar-refractivity contribution >= 4 is 46.3 Å². The molecule has 1 aromatic carbocycles. The van der Waals surface area contributed by atoms with Crippen LogP contribution in [0.2, 0.25) is 6.04 Å². The molecule has 214 valence electrons. The Morgan fingerprint density at radius 1 is 0.615 bits per heavy atom. The zero-order chi connectivity index (χ0) is 27.7. The van der Waals surface area contributed by atoms with Gasteiger partial charge in [0.15, 0.2) is 8.07 Å². The van der Waals surface area contributed by atoms with Crippen LogP contribution in [0, 0.1) is 19.8 Å². The summed E-state index contributed by atoms with van der Waals surface area (Å²) < 4.78 is 0. The highest BCUT2D eigenvalue weighted by Gasteiger charge is 2.50. The fourth-order valence-electron chi connectivity index (χ4n) is 6.99. The van der Waals surface area contributed by atoms with E-state index < -0.39 is 8.07 Å². The first-order valence-corrected chi connectivity index (χ1v) is 20.2. The first-order chi connectivity index (χ1) is 19.0. The topological polar surface area (TPSA) is 0 Å². The Morgan fingerprint density at radius 3 is 1.64 bits per heavy atom. The average Bonchev–Trinajstić information content (AvgIpc) is 3.58.